The predicted octanol–water partition coefficient (Wildman–Crippen LogP) is 3.38. The molecule has 0 saturated heterocycles. The first-order chi connectivity index (χ1) is 9.81. The Morgan fingerprint density at radius 2 is 1.86 bits per heavy atom. The summed E-state index contributed by atoms with van der Waals surface area (Å²) in [4.78, 5) is 0.216. The number of sulfonamides is 1. The minimum atomic E-state index is -3.59. The molecule has 0 aromatic heterocycles. The minimum absolute atomic E-state index is 0.216. The van der Waals surface area contributed by atoms with Crippen LogP contribution >= 0.6 is 15.9 Å². The van der Waals surface area contributed by atoms with E-state index in [4.69, 9.17) is 5.73 Å². The molecule has 1 atom stereocenters. The summed E-state index contributed by atoms with van der Waals surface area (Å²) in [6.45, 7) is 3.59. The van der Waals surface area contributed by atoms with Crippen LogP contribution in [0.1, 0.15) is 24.1 Å². The summed E-state index contributed by atoms with van der Waals surface area (Å²) >= 11 is 3.43. The van der Waals surface area contributed by atoms with Crippen molar-refractivity contribution in [3.05, 3.63) is 58.1 Å². The van der Waals surface area contributed by atoms with Crippen LogP contribution in [0.4, 0.5) is 5.69 Å². The fourth-order valence-corrected chi connectivity index (χ4v) is 3.94. The molecule has 21 heavy (non-hydrogen) atoms. The zero-order chi connectivity index (χ0) is 15.6. The van der Waals surface area contributed by atoms with E-state index in [1.807, 2.05) is 31.2 Å². The Morgan fingerprint density at radius 3 is 2.48 bits per heavy atom. The summed E-state index contributed by atoms with van der Waals surface area (Å²) in [6.07, 6.45) is 0. The SMILES string of the molecule is Cc1cc(S(=O)(=O)NC(C)c2ccccc2Br)ccc1N. The van der Waals surface area contributed by atoms with Crippen LogP contribution in [-0.4, -0.2) is 8.42 Å². The van der Waals surface area contributed by atoms with Crippen LogP contribution in [0.15, 0.2) is 51.8 Å². The largest absolute Gasteiger partial charge is 0.399 e. The molecular weight excluding hydrogens is 352 g/mol. The molecule has 0 aliphatic heterocycles. The molecular formula is C15H17BrN2O2S. The molecule has 2 rings (SSSR count). The first-order valence-corrected chi connectivity index (χ1v) is 8.72. The maximum absolute atomic E-state index is 12.4. The first-order valence-electron chi connectivity index (χ1n) is 6.44. The predicted molar refractivity (Wildman–Crippen MR) is 88.5 cm³/mol. The number of nitrogen functional groups attached to an aromatic ring is 1. The van der Waals surface area contributed by atoms with Gasteiger partial charge in [-0.3, -0.25) is 0 Å². The zero-order valence-corrected chi connectivity index (χ0v) is 14.2. The molecule has 0 saturated carbocycles. The molecule has 112 valence electrons. The molecule has 0 bridgehead atoms. The fourth-order valence-electron chi connectivity index (χ4n) is 2.01. The molecule has 0 aliphatic carbocycles. The van der Waals surface area contributed by atoms with Gasteiger partial charge in [0.1, 0.15) is 0 Å². The highest BCUT2D eigenvalue weighted by Gasteiger charge is 2.20. The molecule has 0 amide bonds. The van der Waals surface area contributed by atoms with Crippen LogP contribution in [0.3, 0.4) is 0 Å². The number of nitrogens with one attached hydrogen (secondary N) is 1. The number of benzene rings is 2. The van der Waals surface area contributed by atoms with Gasteiger partial charge < -0.3 is 5.73 Å². The van der Waals surface area contributed by atoms with E-state index in [1.54, 1.807) is 19.1 Å². The van der Waals surface area contributed by atoms with Crippen LogP contribution in [0, 0.1) is 6.92 Å². The lowest BCUT2D eigenvalue weighted by Crippen LogP contribution is -2.27. The summed E-state index contributed by atoms with van der Waals surface area (Å²) < 4.78 is 28.4. The van der Waals surface area contributed by atoms with Crippen molar-refractivity contribution in [1.82, 2.24) is 4.72 Å². The Bertz CT molecular complexity index is 760. The van der Waals surface area contributed by atoms with Crippen molar-refractivity contribution in [2.75, 3.05) is 5.73 Å². The van der Waals surface area contributed by atoms with Gasteiger partial charge in [0.25, 0.3) is 0 Å². The van der Waals surface area contributed by atoms with Crippen molar-refractivity contribution in [2.24, 2.45) is 0 Å². The molecule has 2 aromatic carbocycles. The maximum Gasteiger partial charge on any atom is 0.241 e. The first kappa shape index (κ1) is 16.0. The van der Waals surface area contributed by atoms with Crippen molar-refractivity contribution in [1.29, 1.82) is 0 Å². The second-order valence-corrected chi connectivity index (χ2v) is 7.45. The van der Waals surface area contributed by atoms with Gasteiger partial charge in [-0.15, -0.1) is 0 Å². The summed E-state index contributed by atoms with van der Waals surface area (Å²) in [5, 5.41) is 0. The van der Waals surface area contributed by atoms with E-state index in [0.29, 0.717) is 5.69 Å². The third-order valence-electron chi connectivity index (χ3n) is 3.26. The van der Waals surface area contributed by atoms with Crippen molar-refractivity contribution in [3.8, 4) is 0 Å². The van der Waals surface area contributed by atoms with Crippen molar-refractivity contribution in [2.45, 2.75) is 24.8 Å². The van der Waals surface area contributed by atoms with E-state index >= 15 is 0 Å². The Morgan fingerprint density at radius 1 is 1.19 bits per heavy atom. The number of halogens is 1. The standard InChI is InChI=1S/C15H17BrN2O2S/c1-10-9-12(7-8-15(10)17)21(19,20)18-11(2)13-5-3-4-6-14(13)16/h3-9,11,18H,17H2,1-2H3. The summed E-state index contributed by atoms with van der Waals surface area (Å²) in [5.41, 5.74) is 7.92. The van der Waals surface area contributed by atoms with Gasteiger partial charge in [0.2, 0.25) is 10.0 Å². The van der Waals surface area contributed by atoms with E-state index in [1.165, 1.54) is 6.07 Å². The Kier molecular flexibility index (Phi) is 4.70. The summed E-state index contributed by atoms with van der Waals surface area (Å²) in [6, 6.07) is 11.9. The molecule has 1 unspecified atom stereocenters. The normalized spacial score (nSPS) is 13.1. The van der Waals surface area contributed by atoms with Crippen LogP contribution in [0.5, 0.6) is 0 Å². The second-order valence-electron chi connectivity index (χ2n) is 4.88. The zero-order valence-electron chi connectivity index (χ0n) is 11.8. The quantitative estimate of drug-likeness (QED) is 0.812. The third-order valence-corrected chi connectivity index (χ3v) is 5.52. The van der Waals surface area contributed by atoms with Crippen molar-refractivity contribution in [3.63, 3.8) is 0 Å². The monoisotopic (exact) mass is 368 g/mol. The average molecular weight is 369 g/mol. The topological polar surface area (TPSA) is 72.2 Å². The maximum atomic E-state index is 12.4. The average Bonchev–Trinajstić information content (AvgIpc) is 2.41. The van der Waals surface area contributed by atoms with E-state index < -0.39 is 10.0 Å². The highest BCUT2D eigenvalue weighted by atomic mass is 79.9. The highest BCUT2D eigenvalue weighted by Crippen LogP contribution is 2.25. The van der Waals surface area contributed by atoms with Gasteiger partial charge in [-0.25, -0.2) is 13.1 Å². The summed E-state index contributed by atoms with van der Waals surface area (Å²) in [5.74, 6) is 0. The molecule has 4 nitrogen and oxygen atoms in total. The molecule has 3 N–H and O–H groups in total. The third kappa shape index (κ3) is 3.64. The van der Waals surface area contributed by atoms with Gasteiger partial charge in [-0.05, 0) is 49.2 Å². The van der Waals surface area contributed by atoms with E-state index in [0.717, 1.165) is 15.6 Å². The van der Waals surface area contributed by atoms with Crippen LogP contribution < -0.4 is 10.5 Å². The van der Waals surface area contributed by atoms with Crippen molar-refractivity contribution >= 4 is 31.6 Å². The number of aryl methyl sites for hydroxylation is 1. The number of hydrogen-bond acceptors (Lipinski definition) is 3. The lowest BCUT2D eigenvalue weighted by atomic mass is 10.1. The highest BCUT2D eigenvalue weighted by molar-refractivity contribution is 9.10. The molecule has 0 heterocycles. The fraction of sp³-hybridized carbons (Fsp3) is 0.200. The molecule has 0 fully saturated rings. The van der Waals surface area contributed by atoms with Gasteiger partial charge in [0, 0.05) is 16.2 Å². The number of nitrogens with two attached hydrogens (primary N) is 1. The number of hydrogen-bond donors (Lipinski definition) is 2. The van der Waals surface area contributed by atoms with Gasteiger partial charge in [-0.2, -0.15) is 0 Å². The van der Waals surface area contributed by atoms with Gasteiger partial charge in [0.05, 0.1) is 4.90 Å². The second kappa shape index (κ2) is 6.17. The number of anilines is 1. The molecule has 0 radical (unpaired) electrons. The number of rotatable bonds is 4. The van der Waals surface area contributed by atoms with E-state index in [2.05, 4.69) is 20.7 Å². The Balaban J connectivity index is 2.29. The molecule has 6 heteroatoms. The van der Waals surface area contributed by atoms with Crippen LogP contribution in [0.25, 0.3) is 0 Å². The van der Waals surface area contributed by atoms with Crippen LogP contribution in [0.2, 0.25) is 0 Å². The van der Waals surface area contributed by atoms with Crippen molar-refractivity contribution < 1.29 is 8.42 Å². The smallest absolute Gasteiger partial charge is 0.241 e. The lowest BCUT2D eigenvalue weighted by molar-refractivity contribution is 0.566. The molecule has 0 aliphatic rings. The van der Waals surface area contributed by atoms with E-state index in [-0.39, 0.29) is 10.9 Å². The van der Waals surface area contributed by atoms with Gasteiger partial charge in [0.15, 0.2) is 0 Å². The molecule has 0 spiro atoms. The molecule has 2 aromatic rings. The van der Waals surface area contributed by atoms with Gasteiger partial charge >= 0.3 is 0 Å². The Labute approximate surface area is 133 Å². The lowest BCUT2D eigenvalue weighted by Gasteiger charge is -2.16. The van der Waals surface area contributed by atoms with Crippen LogP contribution in [-0.2, 0) is 10.0 Å². The van der Waals surface area contributed by atoms with E-state index in [9.17, 15) is 8.42 Å². The van der Waals surface area contributed by atoms with Gasteiger partial charge in [-0.1, -0.05) is 34.1 Å². The summed E-state index contributed by atoms with van der Waals surface area (Å²) in [7, 11) is -3.59. The minimum Gasteiger partial charge on any atom is -0.399 e. The Hall–Kier alpha value is -1.37.